The summed E-state index contributed by atoms with van der Waals surface area (Å²) in [6.07, 6.45) is 3.13. The molecule has 2 aromatic heterocycles. The molecule has 0 fully saturated rings. The first-order chi connectivity index (χ1) is 9.47. The molecule has 0 aliphatic rings. The average Bonchev–Trinajstić information content (AvgIpc) is 3.03. The monoisotopic (exact) mass is 313 g/mol. The number of rotatable bonds is 5. The van der Waals surface area contributed by atoms with Gasteiger partial charge >= 0.3 is 0 Å². The molecule has 0 spiro atoms. The molecule has 8 heteroatoms. The van der Waals surface area contributed by atoms with Gasteiger partial charge in [-0.15, -0.1) is 11.3 Å². The number of nitrogens with one attached hydrogen (secondary N) is 1. The third kappa shape index (κ3) is 3.49. The second-order valence-corrected chi connectivity index (χ2v) is 5.82. The summed E-state index contributed by atoms with van der Waals surface area (Å²) in [4.78, 5) is 18.4. The van der Waals surface area contributed by atoms with Crippen molar-refractivity contribution in [3.05, 3.63) is 28.5 Å². The molecule has 0 bridgehead atoms. The zero-order chi connectivity index (χ0) is 14.7. The van der Waals surface area contributed by atoms with Crippen LogP contribution in [-0.2, 0) is 11.3 Å². The first kappa shape index (κ1) is 14.8. The molecule has 6 nitrogen and oxygen atoms in total. The molecule has 1 N–H and O–H groups in total. The van der Waals surface area contributed by atoms with E-state index in [1.807, 2.05) is 24.4 Å². The van der Waals surface area contributed by atoms with E-state index in [4.69, 9.17) is 11.6 Å². The third-order valence-corrected chi connectivity index (χ3v) is 3.96. The van der Waals surface area contributed by atoms with E-state index in [0.29, 0.717) is 11.6 Å². The van der Waals surface area contributed by atoms with E-state index in [2.05, 4.69) is 15.4 Å². The molecule has 2 aromatic rings. The first-order valence-corrected chi connectivity index (χ1v) is 7.32. The van der Waals surface area contributed by atoms with Crippen molar-refractivity contribution < 1.29 is 4.79 Å². The number of anilines is 1. The van der Waals surface area contributed by atoms with Gasteiger partial charge in [0.25, 0.3) is 0 Å². The fraction of sp³-hybridized carbons (Fsp3) is 0.417. The standard InChI is InChI=1S/C12H16ClN5OS/c1-8(18-6-9(13)4-15-18)11(19)14-5-10-7-20-12(16-10)17(2)3/h4,6-8H,5H2,1-3H3,(H,14,19)/t8-/m0/s1. The number of hydrogen-bond donors (Lipinski definition) is 1. The van der Waals surface area contributed by atoms with Crippen LogP contribution >= 0.6 is 22.9 Å². The highest BCUT2D eigenvalue weighted by Crippen LogP contribution is 2.18. The van der Waals surface area contributed by atoms with E-state index in [1.165, 1.54) is 10.9 Å². The fourth-order valence-electron chi connectivity index (χ4n) is 1.56. The molecule has 2 rings (SSSR count). The van der Waals surface area contributed by atoms with E-state index in [9.17, 15) is 4.79 Å². The molecular formula is C12H16ClN5OS. The topological polar surface area (TPSA) is 63.1 Å². The van der Waals surface area contributed by atoms with Crippen LogP contribution in [0.15, 0.2) is 17.8 Å². The molecule has 0 radical (unpaired) electrons. The van der Waals surface area contributed by atoms with Crippen molar-refractivity contribution >= 4 is 34.0 Å². The summed E-state index contributed by atoms with van der Waals surface area (Å²) in [5, 5.41) is 10.2. The largest absolute Gasteiger partial charge is 0.354 e. The fourth-order valence-corrected chi connectivity index (χ4v) is 2.46. The maximum absolute atomic E-state index is 12.0. The summed E-state index contributed by atoms with van der Waals surface area (Å²) in [5.41, 5.74) is 0.845. The molecule has 20 heavy (non-hydrogen) atoms. The quantitative estimate of drug-likeness (QED) is 0.916. The molecule has 2 heterocycles. The number of hydrogen-bond acceptors (Lipinski definition) is 5. The van der Waals surface area contributed by atoms with Crippen LogP contribution < -0.4 is 10.2 Å². The minimum atomic E-state index is -0.408. The second-order valence-electron chi connectivity index (χ2n) is 4.55. The minimum absolute atomic E-state index is 0.121. The maximum atomic E-state index is 12.0. The lowest BCUT2D eigenvalue weighted by Gasteiger charge is -2.11. The second kappa shape index (κ2) is 6.23. The molecule has 0 saturated heterocycles. The lowest BCUT2D eigenvalue weighted by molar-refractivity contribution is -0.124. The zero-order valence-electron chi connectivity index (χ0n) is 11.5. The minimum Gasteiger partial charge on any atom is -0.354 e. The number of thiazole rings is 1. The van der Waals surface area contributed by atoms with Crippen LogP contribution in [0.1, 0.15) is 18.7 Å². The number of halogens is 1. The lowest BCUT2D eigenvalue weighted by Crippen LogP contribution is -2.30. The van der Waals surface area contributed by atoms with Crippen LogP contribution in [0.5, 0.6) is 0 Å². The highest BCUT2D eigenvalue weighted by molar-refractivity contribution is 7.13. The lowest BCUT2D eigenvalue weighted by atomic mass is 10.3. The van der Waals surface area contributed by atoms with Crippen LogP contribution in [0.2, 0.25) is 5.02 Å². The summed E-state index contributed by atoms with van der Waals surface area (Å²) in [6.45, 7) is 2.17. The van der Waals surface area contributed by atoms with Crippen LogP contribution in [0.3, 0.4) is 0 Å². The Kier molecular flexibility index (Phi) is 4.61. The Morgan fingerprint density at radius 2 is 2.35 bits per heavy atom. The number of carbonyl (C=O) groups is 1. The van der Waals surface area contributed by atoms with Gasteiger partial charge in [0.2, 0.25) is 5.91 Å². The Morgan fingerprint density at radius 3 is 2.90 bits per heavy atom. The average molecular weight is 314 g/mol. The van der Waals surface area contributed by atoms with Crippen LogP contribution in [0.25, 0.3) is 0 Å². The maximum Gasteiger partial charge on any atom is 0.244 e. The number of aromatic nitrogens is 3. The van der Waals surface area contributed by atoms with Gasteiger partial charge in [-0.1, -0.05) is 11.6 Å². The number of carbonyl (C=O) groups excluding carboxylic acids is 1. The van der Waals surface area contributed by atoms with Crippen molar-refractivity contribution in [2.24, 2.45) is 0 Å². The highest BCUT2D eigenvalue weighted by Gasteiger charge is 2.16. The predicted octanol–water partition coefficient (Wildman–Crippen LogP) is 1.94. The highest BCUT2D eigenvalue weighted by atomic mass is 35.5. The van der Waals surface area contributed by atoms with E-state index >= 15 is 0 Å². The summed E-state index contributed by atoms with van der Waals surface area (Å²) in [7, 11) is 3.87. The van der Waals surface area contributed by atoms with Crippen molar-refractivity contribution in [2.45, 2.75) is 19.5 Å². The first-order valence-electron chi connectivity index (χ1n) is 6.06. The van der Waals surface area contributed by atoms with Gasteiger partial charge in [0.1, 0.15) is 6.04 Å². The van der Waals surface area contributed by atoms with Gasteiger partial charge in [0.15, 0.2) is 5.13 Å². The van der Waals surface area contributed by atoms with Gasteiger partial charge in [-0.05, 0) is 6.92 Å². The van der Waals surface area contributed by atoms with Crippen molar-refractivity contribution in [2.75, 3.05) is 19.0 Å². The van der Waals surface area contributed by atoms with Crippen molar-refractivity contribution in [1.29, 1.82) is 0 Å². The van der Waals surface area contributed by atoms with Gasteiger partial charge in [-0.2, -0.15) is 5.10 Å². The van der Waals surface area contributed by atoms with Gasteiger partial charge in [0.05, 0.1) is 23.5 Å². The third-order valence-electron chi connectivity index (χ3n) is 2.71. The SMILES string of the molecule is C[C@@H](C(=O)NCc1csc(N(C)C)n1)n1cc(Cl)cn1. The molecular weight excluding hydrogens is 298 g/mol. The van der Waals surface area contributed by atoms with Crippen molar-refractivity contribution in [3.63, 3.8) is 0 Å². The van der Waals surface area contributed by atoms with E-state index in [1.54, 1.807) is 24.5 Å². The van der Waals surface area contributed by atoms with Gasteiger partial charge < -0.3 is 10.2 Å². The number of amides is 1. The Labute approximate surface area is 126 Å². The summed E-state index contributed by atoms with van der Waals surface area (Å²) < 4.78 is 1.53. The Morgan fingerprint density at radius 1 is 1.60 bits per heavy atom. The van der Waals surface area contributed by atoms with Crippen molar-refractivity contribution in [1.82, 2.24) is 20.1 Å². The summed E-state index contributed by atoms with van der Waals surface area (Å²) >= 11 is 7.33. The van der Waals surface area contributed by atoms with E-state index < -0.39 is 6.04 Å². The molecule has 0 aliphatic carbocycles. The molecule has 1 amide bonds. The smallest absolute Gasteiger partial charge is 0.244 e. The molecule has 1 atom stereocenters. The Bertz CT molecular complexity index is 594. The Balaban J connectivity index is 1.91. The van der Waals surface area contributed by atoms with Gasteiger partial charge in [-0.3, -0.25) is 9.48 Å². The van der Waals surface area contributed by atoms with Crippen molar-refractivity contribution in [3.8, 4) is 0 Å². The normalized spacial score (nSPS) is 12.2. The van der Waals surface area contributed by atoms with Gasteiger partial charge in [-0.25, -0.2) is 4.98 Å². The summed E-state index contributed by atoms with van der Waals surface area (Å²) in [6, 6.07) is -0.408. The predicted molar refractivity (Wildman–Crippen MR) is 80.2 cm³/mol. The molecule has 0 unspecified atom stereocenters. The van der Waals surface area contributed by atoms with Crippen LogP contribution in [0, 0.1) is 0 Å². The van der Waals surface area contributed by atoms with Crippen LogP contribution in [-0.4, -0.2) is 34.8 Å². The van der Waals surface area contributed by atoms with Gasteiger partial charge in [0, 0.05) is 25.7 Å². The van der Waals surface area contributed by atoms with E-state index in [-0.39, 0.29) is 5.91 Å². The van der Waals surface area contributed by atoms with E-state index in [0.717, 1.165) is 10.8 Å². The molecule has 0 saturated carbocycles. The molecule has 0 aliphatic heterocycles. The Hall–Kier alpha value is -1.60. The molecule has 0 aromatic carbocycles. The summed E-state index contributed by atoms with van der Waals surface area (Å²) in [5.74, 6) is -0.121. The molecule has 108 valence electrons. The zero-order valence-corrected chi connectivity index (χ0v) is 13.1. The number of nitrogens with zero attached hydrogens (tertiary/aromatic N) is 4. The van der Waals surface area contributed by atoms with Crippen LogP contribution in [0.4, 0.5) is 5.13 Å².